The SMILES string of the molecule is COc1ccc(C(=O)COC(=O)C2=Cc3cc(Cl)ccc3OC2)cc1F. The van der Waals surface area contributed by atoms with Crippen LogP contribution in [0.2, 0.25) is 5.02 Å². The van der Waals surface area contributed by atoms with Gasteiger partial charge in [0.05, 0.1) is 12.7 Å². The van der Waals surface area contributed by atoms with Crippen molar-refractivity contribution in [3.63, 3.8) is 0 Å². The van der Waals surface area contributed by atoms with Crippen molar-refractivity contribution in [1.82, 2.24) is 0 Å². The summed E-state index contributed by atoms with van der Waals surface area (Å²) in [7, 11) is 1.33. The Morgan fingerprint density at radius 1 is 1.23 bits per heavy atom. The lowest BCUT2D eigenvalue weighted by Crippen LogP contribution is -2.20. The van der Waals surface area contributed by atoms with E-state index in [9.17, 15) is 14.0 Å². The van der Waals surface area contributed by atoms with Gasteiger partial charge in [0, 0.05) is 16.1 Å². The van der Waals surface area contributed by atoms with Crippen molar-refractivity contribution >= 4 is 29.4 Å². The van der Waals surface area contributed by atoms with Gasteiger partial charge in [-0.15, -0.1) is 0 Å². The Labute approximate surface area is 153 Å². The third-order valence-electron chi connectivity index (χ3n) is 3.76. The number of Topliss-reactive ketones (excluding diaryl/α,β-unsaturated/α-hetero) is 1. The first kappa shape index (κ1) is 17.9. The number of hydrogen-bond acceptors (Lipinski definition) is 5. The molecule has 0 fully saturated rings. The van der Waals surface area contributed by atoms with Gasteiger partial charge in [-0.25, -0.2) is 9.18 Å². The summed E-state index contributed by atoms with van der Waals surface area (Å²) >= 11 is 5.92. The number of hydrogen-bond donors (Lipinski definition) is 0. The molecule has 1 heterocycles. The molecule has 0 atom stereocenters. The molecule has 0 saturated heterocycles. The first-order valence-corrected chi connectivity index (χ1v) is 8.02. The van der Waals surface area contributed by atoms with Crippen LogP contribution in [-0.4, -0.2) is 32.1 Å². The van der Waals surface area contributed by atoms with Crippen molar-refractivity contribution in [2.24, 2.45) is 0 Å². The molecule has 134 valence electrons. The largest absolute Gasteiger partial charge is 0.494 e. The molecule has 5 nitrogen and oxygen atoms in total. The van der Waals surface area contributed by atoms with Crippen LogP contribution in [0.5, 0.6) is 11.5 Å². The smallest absolute Gasteiger partial charge is 0.337 e. The summed E-state index contributed by atoms with van der Waals surface area (Å²) < 4.78 is 28.9. The van der Waals surface area contributed by atoms with Crippen molar-refractivity contribution in [2.45, 2.75) is 0 Å². The lowest BCUT2D eigenvalue weighted by Gasteiger charge is -2.17. The highest BCUT2D eigenvalue weighted by molar-refractivity contribution is 6.30. The molecule has 0 unspecified atom stereocenters. The minimum Gasteiger partial charge on any atom is -0.494 e. The van der Waals surface area contributed by atoms with E-state index in [4.69, 9.17) is 25.8 Å². The van der Waals surface area contributed by atoms with Crippen LogP contribution >= 0.6 is 11.6 Å². The fourth-order valence-electron chi connectivity index (χ4n) is 2.41. The van der Waals surface area contributed by atoms with Gasteiger partial charge >= 0.3 is 5.97 Å². The standard InChI is InChI=1S/C19H14ClFO5/c1-24-18-4-2-11(8-15(18)21)16(22)10-26-19(23)13-6-12-7-14(20)3-5-17(12)25-9-13/h2-8H,9-10H2,1H3. The van der Waals surface area contributed by atoms with Gasteiger partial charge in [-0.1, -0.05) is 11.6 Å². The Bertz CT molecular complexity index is 907. The number of ether oxygens (including phenoxy) is 3. The van der Waals surface area contributed by atoms with E-state index in [1.165, 1.54) is 19.2 Å². The monoisotopic (exact) mass is 376 g/mol. The number of methoxy groups -OCH3 is 1. The molecule has 2 aromatic carbocycles. The first-order valence-electron chi connectivity index (χ1n) is 7.64. The van der Waals surface area contributed by atoms with Crippen molar-refractivity contribution in [3.05, 3.63) is 63.9 Å². The maximum atomic E-state index is 13.7. The van der Waals surface area contributed by atoms with Crippen LogP contribution in [0.15, 0.2) is 42.0 Å². The number of ketones is 1. The quantitative estimate of drug-likeness (QED) is 0.588. The molecule has 0 bridgehead atoms. The van der Waals surface area contributed by atoms with Crippen LogP contribution in [0.1, 0.15) is 15.9 Å². The van der Waals surface area contributed by atoms with Crippen molar-refractivity contribution in [2.75, 3.05) is 20.3 Å². The maximum Gasteiger partial charge on any atom is 0.337 e. The highest BCUT2D eigenvalue weighted by Gasteiger charge is 2.20. The minimum absolute atomic E-state index is 0.0266. The lowest BCUT2D eigenvalue weighted by molar-refractivity contribution is -0.138. The zero-order valence-corrected chi connectivity index (χ0v) is 14.5. The number of esters is 1. The topological polar surface area (TPSA) is 61.8 Å². The second-order valence-corrected chi connectivity index (χ2v) is 5.93. The van der Waals surface area contributed by atoms with Gasteiger partial charge in [-0.3, -0.25) is 4.79 Å². The Morgan fingerprint density at radius 2 is 2.04 bits per heavy atom. The molecular weight excluding hydrogens is 363 g/mol. The molecule has 26 heavy (non-hydrogen) atoms. The maximum absolute atomic E-state index is 13.7. The van der Waals surface area contributed by atoms with Crippen LogP contribution in [-0.2, 0) is 9.53 Å². The van der Waals surface area contributed by atoms with Crippen LogP contribution < -0.4 is 9.47 Å². The van der Waals surface area contributed by atoms with Gasteiger partial charge in [-0.2, -0.15) is 0 Å². The average molecular weight is 377 g/mol. The van der Waals surface area contributed by atoms with Gasteiger partial charge < -0.3 is 14.2 Å². The molecule has 0 radical (unpaired) electrons. The number of fused-ring (bicyclic) bond motifs is 1. The normalized spacial score (nSPS) is 12.5. The van der Waals surface area contributed by atoms with Crippen LogP contribution in [0.4, 0.5) is 4.39 Å². The summed E-state index contributed by atoms with van der Waals surface area (Å²) in [5, 5.41) is 0.509. The Kier molecular flexibility index (Phi) is 5.23. The fraction of sp³-hybridized carbons (Fsp3) is 0.158. The summed E-state index contributed by atoms with van der Waals surface area (Å²) in [6.45, 7) is -0.483. The molecule has 0 aliphatic carbocycles. The highest BCUT2D eigenvalue weighted by atomic mass is 35.5. The summed E-state index contributed by atoms with van der Waals surface area (Å²) in [5.41, 5.74) is 0.995. The second-order valence-electron chi connectivity index (χ2n) is 5.49. The Balaban J connectivity index is 1.65. The van der Waals surface area contributed by atoms with E-state index >= 15 is 0 Å². The van der Waals surface area contributed by atoms with Crippen molar-refractivity contribution in [1.29, 1.82) is 0 Å². The predicted molar refractivity (Wildman–Crippen MR) is 93.2 cm³/mol. The van der Waals surface area contributed by atoms with E-state index in [1.54, 1.807) is 24.3 Å². The van der Waals surface area contributed by atoms with Crippen LogP contribution in [0.25, 0.3) is 6.08 Å². The fourth-order valence-corrected chi connectivity index (χ4v) is 2.59. The summed E-state index contributed by atoms with van der Waals surface area (Å²) in [4.78, 5) is 24.2. The molecule has 0 spiro atoms. The molecule has 3 rings (SSSR count). The number of halogens is 2. The zero-order valence-electron chi connectivity index (χ0n) is 13.8. The Morgan fingerprint density at radius 3 is 2.77 bits per heavy atom. The summed E-state index contributed by atoms with van der Waals surface area (Å²) in [6.07, 6.45) is 1.60. The van der Waals surface area contributed by atoms with Gasteiger partial charge in [0.2, 0.25) is 0 Å². The molecule has 7 heteroatoms. The zero-order chi connectivity index (χ0) is 18.7. The molecular formula is C19H14ClFO5. The molecule has 1 aliphatic rings. The van der Waals surface area contributed by atoms with Gasteiger partial charge in [0.25, 0.3) is 0 Å². The number of benzene rings is 2. The van der Waals surface area contributed by atoms with E-state index in [2.05, 4.69) is 0 Å². The molecule has 0 saturated carbocycles. The molecule has 0 amide bonds. The molecule has 0 N–H and O–H groups in total. The predicted octanol–water partition coefficient (Wildman–Crippen LogP) is 3.69. The highest BCUT2D eigenvalue weighted by Crippen LogP contribution is 2.29. The van der Waals surface area contributed by atoms with E-state index in [0.717, 1.165) is 6.07 Å². The Hall–Kier alpha value is -2.86. The summed E-state index contributed by atoms with van der Waals surface area (Å²) in [6, 6.07) is 8.83. The lowest BCUT2D eigenvalue weighted by atomic mass is 10.1. The van der Waals surface area contributed by atoms with Gasteiger partial charge in [-0.05, 0) is 42.5 Å². The van der Waals surface area contributed by atoms with E-state index in [-0.39, 0.29) is 23.5 Å². The first-order chi connectivity index (χ1) is 12.5. The third-order valence-corrected chi connectivity index (χ3v) is 3.99. The molecule has 1 aliphatic heterocycles. The van der Waals surface area contributed by atoms with Crippen LogP contribution in [0, 0.1) is 5.82 Å². The van der Waals surface area contributed by atoms with Gasteiger partial charge in [0.1, 0.15) is 12.4 Å². The van der Waals surface area contributed by atoms with Crippen molar-refractivity contribution in [3.8, 4) is 11.5 Å². The number of carbonyl (C=O) groups is 2. The average Bonchev–Trinajstić information content (AvgIpc) is 2.65. The molecule has 2 aromatic rings. The van der Waals surface area contributed by atoms with E-state index in [1.807, 2.05) is 0 Å². The summed E-state index contributed by atoms with van der Waals surface area (Å²) in [5.74, 6) is -1.24. The molecule has 0 aromatic heterocycles. The number of carbonyl (C=O) groups excluding carboxylic acids is 2. The van der Waals surface area contributed by atoms with E-state index in [0.29, 0.717) is 16.3 Å². The second kappa shape index (κ2) is 7.58. The van der Waals surface area contributed by atoms with Crippen molar-refractivity contribution < 1.29 is 28.2 Å². The van der Waals surface area contributed by atoms with Gasteiger partial charge in [0.15, 0.2) is 24.0 Å². The number of rotatable bonds is 5. The minimum atomic E-state index is -0.682. The van der Waals surface area contributed by atoms with E-state index < -0.39 is 24.2 Å². The van der Waals surface area contributed by atoms with Crippen LogP contribution in [0.3, 0.4) is 0 Å². The third kappa shape index (κ3) is 3.86.